The predicted octanol–water partition coefficient (Wildman–Crippen LogP) is 12.1. The van der Waals surface area contributed by atoms with Crippen LogP contribution >= 0.6 is 0 Å². The van der Waals surface area contributed by atoms with E-state index in [-0.39, 0.29) is 18.5 Å². The number of hydrogen-bond donors (Lipinski definition) is 6. The van der Waals surface area contributed by atoms with Gasteiger partial charge >= 0.3 is 5.97 Å². The Labute approximate surface area is 415 Å². The van der Waals surface area contributed by atoms with Crippen LogP contribution in [0.3, 0.4) is 0 Å². The number of hydrogen-bond acceptors (Lipinski definition) is 10. The summed E-state index contributed by atoms with van der Waals surface area (Å²) in [5, 5.41) is 54.2. The molecule has 0 bridgehead atoms. The molecule has 396 valence electrons. The third-order valence-corrected chi connectivity index (χ3v) is 12.9. The number of allylic oxidation sites excluding steroid dienone is 7. The van der Waals surface area contributed by atoms with Gasteiger partial charge in [0.05, 0.1) is 32.0 Å². The third-order valence-electron chi connectivity index (χ3n) is 12.9. The van der Waals surface area contributed by atoms with E-state index in [1.807, 2.05) is 6.08 Å². The van der Waals surface area contributed by atoms with Gasteiger partial charge in [-0.1, -0.05) is 184 Å². The SMILES string of the molecule is CCCC/C=C\CCCCCCCC(=O)OCCCCCCCCCCC/C=C\CCCCCCCC(=O)NC(COC1OC(CO)C(O)C(O)C1O)C(O)/C=C/CC/C=C/CCCCCCC. The highest BCUT2D eigenvalue weighted by Crippen LogP contribution is 2.23. The van der Waals surface area contributed by atoms with Crippen LogP contribution in [0, 0.1) is 0 Å². The average molecular weight is 962 g/mol. The number of ether oxygens (including phenoxy) is 3. The monoisotopic (exact) mass is 962 g/mol. The lowest BCUT2D eigenvalue weighted by atomic mass is 9.99. The largest absolute Gasteiger partial charge is 0.466 e. The smallest absolute Gasteiger partial charge is 0.305 e. The maximum Gasteiger partial charge on any atom is 0.305 e. The highest BCUT2D eigenvalue weighted by Gasteiger charge is 2.44. The number of aliphatic hydroxyl groups is 5. The molecular weight excluding hydrogens is 859 g/mol. The van der Waals surface area contributed by atoms with Gasteiger partial charge in [-0.3, -0.25) is 9.59 Å². The van der Waals surface area contributed by atoms with Crippen LogP contribution in [0.4, 0.5) is 0 Å². The molecule has 0 aromatic rings. The van der Waals surface area contributed by atoms with Crippen LogP contribution in [-0.2, 0) is 23.8 Å². The second-order valence-electron chi connectivity index (χ2n) is 19.3. The number of nitrogens with one attached hydrogen (secondary N) is 1. The van der Waals surface area contributed by atoms with Crippen molar-refractivity contribution in [1.82, 2.24) is 5.32 Å². The topological polar surface area (TPSA) is 175 Å². The zero-order chi connectivity index (χ0) is 49.6. The van der Waals surface area contributed by atoms with Crippen LogP contribution in [0.25, 0.3) is 0 Å². The molecule has 1 fully saturated rings. The van der Waals surface area contributed by atoms with E-state index < -0.39 is 49.5 Å². The van der Waals surface area contributed by atoms with Crippen molar-refractivity contribution in [2.45, 2.75) is 281 Å². The number of aliphatic hydroxyl groups excluding tert-OH is 5. The van der Waals surface area contributed by atoms with Crippen molar-refractivity contribution < 1.29 is 49.3 Å². The Morgan fingerprint density at radius 3 is 1.50 bits per heavy atom. The highest BCUT2D eigenvalue weighted by molar-refractivity contribution is 5.76. The van der Waals surface area contributed by atoms with Crippen molar-refractivity contribution in [3.63, 3.8) is 0 Å². The Kier molecular flexibility index (Phi) is 44.0. The molecule has 1 saturated heterocycles. The highest BCUT2D eigenvalue weighted by atomic mass is 16.7. The number of rotatable bonds is 47. The summed E-state index contributed by atoms with van der Waals surface area (Å²) in [5.74, 6) is -0.234. The first-order chi connectivity index (χ1) is 33.2. The molecule has 1 amide bonds. The Morgan fingerprint density at radius 2 is 0.971 bits per heavy atom. The Bertz CT molecular complexity index is 1270. The van der Waals surface area contributed by atoms with E-state index in [9.17, 15) is 35.1 Å². The fourth-order valence-corrected chi connectivity index (χ4v) is 8.37. The summed E-state index contributed by atoms with van der Waals surface area (Å²) in [6.45, 7) is 4.23. The molecule has 0 saturated carbocycles. The number of amides is 1. The van der Waals surface area contributed by atoms with Gasteiger partial charge in [-0.25, -0.2) is 0 Å². The normalized spacial score (nSPS) is 19.8. The lowest BCUT2D eigenvalue weighted by Crippen LogP contribution is -2.60. The number of unbranched alkanes of at least 4 members (excludes halogenated alkanes) is 27. The second kappa shape index (κ2) is 47.0. The molecule has 0 radical (unpaired) electrons. The summed E-state index contributed by atoms with van der Waals surface area (Å²) in [7, 11) is 0. The van der Waals surface area contributed by atoms with Gasteiger partial charge in [-0.15, -0.1) is 0 Å². The lowest BCUT2D eigenvalue weighted by molar-refractivity contribution is -0.302. The Morgan fingerprint density at radius 1 is 0.529 bits per heavy atom. The van der Waals surface area contributed by atoms with Gasteiger partial charge in [0, 0.05) is 12.8 Å². The zero-order valence-electron chi connectivity index (χ0n) is 43.3. The zero-order valence-corrected chi connectivity index (χ0v) is 43.3. The summed E-state index contributed by atoms with van der Waals surface area (Å²) in [6.07, 6.45) is 47.7. The minimum absolute atomic E-state index is 0.0255. The third kappa shape index (κ3) is 36.5. The van der Waals surface area contributed by atoms with Crippen LogP contribution in [0.15, 0.2) is 48.6 Å². The first-order valence-electron chi connectivity index (χ1n) is 27.9. The molecule has 1 heterocycles. The van der Waals surface area contributed by atoms with E-state index in [2.05, 4.69) is 55.6 Å². The second-order valence-corrected chi connectivity index (χ2v) is 19.3. The van der Waals surface area contributed by atoms with Gasteiger partial charge in [0.1, 0.15) is 24.4 Å². The van der Waals surface area contributed by atoms with Gasteiger partial charge in [0.15, 0.2) is 6.29 Å². The first-order valence-corrected chi connectivity index (χ1v) is 27.9. The summed E-state index contributed by atoms with van der Waals surface area (Å²) in [6, 6.07) is -0.837. The maximum absolute atomic E-state index is 13.0. The van der Waals surface area contributed by atoms with E-state index in [0.29, 0.717) is 19.4 Å². The fourth-order valence-electron chi connectivity index (χ4n) is 8.37. The quantitative estimate of drug-likeness (QED) is 0.0196. The molecule has 0 aromatic carbocycles. The Balaban J connectivity index is 2.13. The van der Waals surface area contributed by atoms with Crippen molar-refractivity contribution in [3.05, 3.63) is 48.6 Å². The van der Waals surface area contributed by atoms with E-state index in [1.54, 1.807) is 6.08 Å². The number of carbonyl (C=O) groups excluding carboxylic acids is 2. The molecule has 0 aliphatic carbocycles. The summed E-state index contributed by atoms with van der Waals surface area (Å²) in [4.78, 5) is 25.0. The number of carbonyl (C=O) groups is 2. The molecule has 1 aliphatic heterocycles. The molecule has 7 atom stereocenters. The van der Waals surface area contributed by atoms with Crippen LogP contribution in [0.5, 0.6) is 0 Å². The van der Waals surface area contributed by atoms with Crippen LogP contribution in [-0.4, -0.2) is 100 Å². The summed E-state index contributed by atoms with van der Waals surface area (Å²) < 4.78 is 16.6. The molecule has 1 aliphatic rings. The molecule has 1 rings (SSSR count). The number of esters is 1. The van der Waals surface area contributed by atoms with E-state index >= 15 is 0 Å². The maximum atomic E-state index is 13.0. The molecule has 6 N–H and O–H groups in total. The summed E-state index contributed by atoms with van der Waals surface area (Å²) >= 11 is 0. The van der Waals surface area contributed by atoms with E-state index in [1.165, 1.54) is 122 Å². The van der Waals surface area contributed by atoms with Crippen molar-refractivity contribution in [2.75, 3.05) is 19.8 Å². The van der Waals surface area contributed by atoms with Gasteiger partial charge in [0.2, 0.25) is 5.91 Å². The Hall–Kier alpha value is -2.38. The van der Waals surface area contributed by atoms with E-state index in [0.717, 1.165) is 89.9 Å². The van der Waals surface area contributed by atoms with Crippen LogP contribution in [0.1, 0.15) is 239 Å². The van der Waals surface area contributed by atoms with Crippen molar-refractivity contribution in [2.24, 2.45) is 0 Å². The minimum Gasteiger partial charge on any atom is -0.466 e. The van der Waals surface area contributed by atoms with Gasteiger partial charge in [-0.05, 0) is 89.9 Å². The molecule has 11 nitrogen and oxygen atoms in total. The standard InChI is InChI=1S/C57H103NO10/c1-3-5-7-9-11-13-23-27-31-35-39-43-50(60)49(48-67-57-56(65)55(64)54(63)51(47-59)68-57)58-52(61)44-40-36-32-28-25-21-19-17-15-16-18-20-22-26-30-34-38-42-46-66-53(62)45-41-37-33-29-24-14-12-10-8-6-4-2/h10,12,17,19,23,27,39,43,49-51,54-57,59-60,63-65H,3-9,11,13-16,18,20-22,24-26,28-38,40-42,44-48H2,1-2H3,(H,58,61)/b12-10-,19-17-,27-23+,43-39+. The first kappa shape index (κ1) is 63.6. The fraction of sp³-hybridized carbons (Fsp3) is 0.825. The minimum atomic E-state index is -1.58. The van der Waals surface area contributed by atoms with Crippen molar-refractivity contribution in [1.29, 1.82) is 0 Å². The van der Waals surface area contributed by atoms with Crippen molar-refractivity contribution >= 4 is 11.9 Å². The predicted molar refractivity (Wildman–Crippen MR) is 278 cm³/mol. The molecule has 68 heavy (non-hydrogen) atoms. The van der Waals surface area contributed by atoms with Crippen LogP contribution < -0.4 is 5.32 Å². The molecule has 0 aromatic heterocycles. The van der Waals surface area contributed by atoms with Gasteiger partial charge in [0.25, 0.3) is 0 Å². The molecular formula is C57H103NO10. The van der Waals surface area contributed by atoms with Crippen molar-refractivity contribution in [3.8, 4) is 0 Å². The molecule has 7 unspecified atom stereocenters. The lowest BCUT2D eigenvalue weighted by Gasteiger charge is -2.40. The van der Waals surface area contributed by atoms with E-state index in [4.69, 9.17) is 14.2 Å². The van der Waals surface area contributed by atoms with Gasteiger partial charge < -0.3 is 45.1 Å². The summed E-state index contributed by atoms with van der Waals surface area (Å²) in [5.41, 5.74) is 0. The average Bonchev–Trinajstić information content (AvgIpc) is 3.33. The molecule has 0 spiro atoms. The van der Waals surface area contributed by atoms with Gasteiger partial charge in [-0.2, -0.15) is 0 Å². The molecule has 11 heteroatoms. The van der Waals surface area contributed by atoms with Crippen LogP contribution in [0.2, 0.25) is 0 Å².